The maximum absolute atomic E-state index is 5.61. The van der Waals surface area contributed by atoms with Gasteiger partial charge in [0, 0.05) is 19.2 Å². The van der Waals surface area contributed by atoms with Crippen LogP contribution in [0.15, 0.2) is 12.3 Å². The summed E-state index contributed by atoms with van der Waals surface area (Å²) in [5.74, 6) is 5.61. The van der Waals surface area contributed by atoms with Gasteiger partial charge < -0.3 is 4.74 Å². The van der Waals surface area contributed by atoms with Gasteiger partial charge in [0.2, 0.25) is 0 Å². The lowest BCUT2D eigenvalue weighted by Gasteiger charge is -2.22. The molecule has 0 spiro atoms. The Hall–Kier alpha value is -0.910. The van der Waals surface area contributed by atoms with Gasteiger partial charge in [0.15, 0.2) is 0 Å². The van der Waals surface area contributed by atoms with Crippen molar-refractivity contribution in [3.63, 3.8) is 0 Å². The van der Waals surface area contributed by atoms with Crippen LogP contribution in [0, 0.1) is 0 Å². The standard InChI is InChI=1S/C14H28N4O/c1-5-13(6-2)18-9-8-12(17-18)10-14(16-15)11(4)19-7-3/h8-9,11,13-14,16H,5-7,10,15H2,1-4H3. The highest BCUT2D eigenvalue weighted by molar-refractivity contribution is 5.03. The van der Waals surface area contributed by atoms with Crippen LogP contribution in [0.4, 0.5) is 0 Å². The molecule has 1 aromatic heterocycles. The molecule has 5 nitrogen and oxygen atoms in total. The van der Waals surface area contributed by atoms with Gasteiger partial charge in [-0.1, -0.05) is 13.8 Å². The highest BCUT2D eigenvalue weighted by atomic mass is 16.5. The van der Waals surface area contributed by atoms with Crippen molar-refractivity contribution in [2.45, 2.75) is 65.1 Å². The number of hydrogen-bond donors (Lipinski definition) is 2. The molecule has 0 saturated heterocycles. The monoisotopic (exact) mass is 268 g/mol. The zero-order valence-corrected chi connectivity index (χ0v) is 12.6. The minimum absolute atomic E-state index is 0.0771. The number of nitrogens with zero attached hydrogens (tertiary/aromatic N) is 2. The molecule has 2 atom stereocenters. The number of hydrazine groups is 1. The van der Waals surface area contributed by atoms with Crippen molar-refractivity contribution < 1.29 is 4.74 Å². The summed E-state index contributed by atoms with van der Waals surface area (Å²) in [5, 5.41) is 4.65. The van der Waals surface area contributed by atoms with Crippen LogP contribution in [0.3, 0.4) is 0 Å². The Labute approximate surface area is 116 Å². The molecule has 1 heterocycles. The Kier molecular flexibility index (Phi) is 7.05. The molecular weight excluding hydrogens is 240 g/mol. The molecule has 0 fully saturated rings. The Bertz CT molecular complexity index is 349. The molecule has 0 saturated carbocycles. The van der Waals surface area contributed by atoms with Crippen molar-refractivity contribution in [1.29, 1.82) is 0 Å². The third-order valence-electron chi connectivity index (χ3n) is 3.62. The summed E-state index contributed by atoms with van der Waals surface area (Å²) in [7, 11) is 0. The Morgan fingerprint density at radius 3 is 2.58 bits per heavy atom. The molecule has 0 aliphatic carbocycles. The van der Waals surface area contributed by atoms with E-state index in [2.05, 4.69) is 41.3 Å². The van der Waals surface area contributed by atoms with Crippen LogP contribution < -0.4 is 11.3 Å². The molecule has 5 heteroatoms. The summed E-state index contributed by atoms with van der Waals surface area (Å²) >= 11 is 0. The van der Waals surface area contributed by atoms with Crippen LogP contribution in [-0.4, -0.2) is 28.5 Å². The summed E-state index contributed by atoms with van der Waals surface area (Å²) in [6.45, 7) is 9.10. The summed E-state index contributed by atoms with van der Waals surface area (Å²) in [4.78, 5) is 0. The van der Waals surface area contributed by atoms with E-state index in [1.54, 1.807) is 0 Å². The minimum Gasteiger partial charge on any atom is -0.377 e. The number of nitrogens with one attached hydrogen (secondary N) is 1. The fraction of sp³-hybridized carbons (Fsp3) is 0.786. The maximum atomic E-state index is 5.61. The predicted molar refractivity (Wildman–Crippen MR) is 77.7 cm³/mol. The topological polar surface area (TPSA) is 65.1 Å². The van der Waals surface area contributed by atoms with Crippen LogP contribution in [0.25, 0.3) is 0 Å². The average Bonchev–Trinajstić information content (AvgIpc) is 2.86. The first-order valence-electron chi connectivity index (χ1n) is 7.27. The summed E-state index contributed by atoms with van der Waals surface area (Å²) in [6, 6.07) is 2.65. The molecule has 0 radical (unpaired) electrons. The van der Waals surface area contributed by atoms with Crippen molar-refractivity contribution in [2.75, 3.05) is 6.61 Å². The van der Waals surface area contributed by atoms with Crippen molar-refractivity contribution in [2.24, 2.45) is 5.84 Å². The van der Waals surface area contributed by atoms with E-state index in [0.29, 0.717) is 12.6 Å². The molecule has 1 aromatic rings. The van der Waals surface area contributed by atoms with Gasteiger partial charge in [-0.2, -0.15) is 5.10 Å². The van der Waals surface area contributed by atoms with E-state index < -0.39 is 0 Å². The molecule has 0 amide bonds. The minimum atomic E-state index is 0.0771. The molecule has 0 aliphatic heterocycles. The van der Waals surface area contributed by atoms with Crippen molar-refractivity contribution >= 4 is 0 Å². The zero-order chi connectivity index (χ0) is 14.3. The van der Waals surface area contributed by atoms with Gasteiger partial charge in [0.05, 0.1) is 23.9 Å². The first-order valence-corrected chi connectivity index (χ1v) is 7.27. The van der Waals surface area contributed by atoms with Gasteiger partial charge in [-0.25, -0.2) is 0 Å². The highest BCUT2D eigenvalue weighted by Crippen LogP contribution is 2.15. The first-order chi connectivity index (χ1) is 9.15. The van der Waals surface area contributed by atoms with E-state index in [4.69, 9.17) is 10.6 Å². The molecule has 0 bridgehead atoms. The van der Waals surface area contributed by atoms with E-state index in [0.717, 1.165) is 25.0 Å². The molecule has 2 unspecified atom stereocenters. The van der Waals surface area contributed by atoms with Crippen LogP contribution in [0.5, 0.6) is 0 Å². The molecule has 0 aliphatic rings. The lowest BCUT2D eigenvalue weighted by atomic mass is 10.1. The smallest absolute Gasteiger partial charge is 0.0717 e. The normalized spacial score (nSPS) is 14.8. The van der Waals surface area contributed by atoms with Gasteiger partial charge >= 0.3 is 0 Å². The van der Waals surface area contributed by atoms with Crippen LogP contribution >= 0.6 is 0 Å². The SMILES string of the molecule is CCOC(C)C(Cc1ccn(C(CC)CC)n1)NN. The lowest BCUT2D eigenvalue weighted by molar-refractivity contribution is 0.0473. The molecule has 110 valence electrons. The van der Waals surface area contributed by atoms with E-state index >= 15 is 0 Å². The Morgan fingerprint density at radius 2 is 2.05 bits per heavy atom. The zero-order valence-electron chi connectivity index (χ0n) is 12.6. The van der Waals surface area contributed by atoms with E-state index in [1.807, 2.05) is 13.8 Å². The summed E-state index contributed by atoms with van der Waals surface area (Å²) in [5.41, 5.74) is 3.88. The summed E-state index contributed by atoms with van der Waals surface area (Å²) < 4.78 is 7.65. The van der Waals surface area contributed by atoms with Gasteiger partial charge in [-0.15, -0.1) is 0 Å². The van der Waals surface area contributed by atoms with E-state index in [9.17, 15) is 0 Å². The summed E-state index contributed by atoms with van der Waals surface area (Å²) in [6.07, 6.45) is 5.13. The predicted octanol–water partition coefficient (Wildman–Crippen LogP) is 2.04. The molecular formula is C14H28N4O. The van der Waals surface area contributed by atoms with E-state index in [1.165, 1.54) is 0 Å². The third kappa shape index (κ3) is 4.60. The fourth-order valence-electron chi connectivity index (χ4n) is 2.32. The second-order valence-electron chi connectivity index (χ2n) is 4.90. The third-order valence-corrected chi connectivity index (χ3v) is 3.62. The number of ether oxygens (including phenoxy) is 1. The van der Waals surface area contributed by atoms with Gasteiger partial charge in [-0.05, 0) is 32.8 Å². The van der Waals surface area contributed by atoms with Crippen molar-refractivity contribution in [3.8, 4) is 0 Å². The lowest BCUT2D eigenvalue weighted by Crippen LogP contribution is -2.45. The fourth-order valence-corrected chi connectivity index (χ4v) is 2.32. The largest absolute Gasteiger partial charge is 0.377 e. The molecule has 3 N–H and O–H groups in total. The van der Waals surface area contributed by atoms with Gasteiger partial charge in [0.1, 0.15) is 0 Å². The van der Waals surface area contributed by atoms with Crippen molar-refractivity contribution in [1.82, 2.24) is 15.2 Å². The van der Waals surface area contributed by atoms with Crippen LogP contribution in [0.1, 0.15) is 52.3 Å². The number of nitrogens with two attached hydrogens (primary N) is 1. The Balaban J connectivity index is 2.65. The molecule has 1 rings (SSSR count). The Morgan fingerprint density at radius 1 is 1.37 bits per heavy atom. The van der Waals surface area contributed by atoms with Crippen LogP contribution in [0.2, 0.25) is 0 Å². The number of aromatic nitrogens is 2. The van der Waals surface area contributed by atoms with Gasteiger partial charge in [-0.3, -0.25) is 16.0 Å². The van der Waals surface area contributed by atoms with Gasteiger partial charge in [0.25, 0.3) is 0 Å². The highest BCUT2D eigenvalue weighted by Gasteiger charge is 2.18. The number of hydrogen-bond acceptors (Lipinski definition) is 4. The van der Waals surface area contributed by atoms with Crippen molar-refractivity contribution in [3.05, 3.63) is 18.0 Å². The number of rotatable bonds is 9. The second-order valence-corrected chi connectivity index (χ2v) is 4.90. The average molecular weight is 268 g/mol. The first kappa shape index (κ1) is 16.1. The molecule has 19 heavy (non-hydrogen) atoms. The quantitative estimate of drug-likeness (QED) is 0.531. The maximum Gasteiger partial charge on any atom is 0.0717 e. The molecule has 0 aromatic carbocycles. The van der Waals surface area contributed by atoms with E-state index in [-0.39, 0.29) is 12.1 Å². The van der Waals surface area contributed by atoms with Crippen LogP contribution in [-0.2, 0) is 11.2 Å². The second kappa shape index (κ2) is 8.30.